The van der Waals surface area contributed by atoms with Crippen LogP contribution in [0.3, 0.4) is 0 Å². The van der Waals surface area contributed by atoms with Gasteiger partial charge in [-0.2, -0.15) is 0 Å². The van der Waals surface area contributed by atoms with E-state index in [-0.39, 0.29) is 5.56 Å². The minimum Gasteiger partial charge on any atom is -0.496 e. The van der Waals surface area contributed by atoms with Gasteiger partial charge >= 0.3 is 5.97 Å². The van der Waals surface area contributed by atoms with E-state index in [0.717, 1.165) is 54.9 Å². The molecule has 1 heterocycles. The monoisotopic (exact) mass is 825 g/mol. The Labute approximate surface area is 348 Å². The van der Waals surface area contributed by atoms with Crippen molar-refractivity contribution in [2.24, 2.45) is 0 Å². The van der Waals surface area contributed by atoms with Gasteiger partial charge in [-0.1, -0.05) is 55.5 Å². The maximum Gasteiger partial charge on any atom is 0.339 e. The van der Waals surface area contributed by atoms with Crippen LogP contribution in [0, 0.1) is 6.92 Å². The third kappa shape index (κ3) is 11.1. The Morgan fingerprint density at radius 1 is 0.789 bits per heavy atom. The van der Waals surface area contributed by atoms with E-state index in [2.05, 4.69) is 102 Å². The quantitative estimate of drug-likeness (QED) is 0.103. The predicted octanol–water partition coefficient (Wildman–Crippen LogP) is 10.0. The van der Waals surface area contributed by atoms with Gasteiger partial charge in [0.25, 0.3) is 0 Å². The van der Waals surface area contributed by atoms with Crippen LogP contribution in [0.15, 0.2) is 125 Å². The van der Waals surface area contributed by atoms with Crippen LogP contribution in [-0.4, -0.2) is 88.2 Å². The van der Waals surface area contributed by atoms with Gasteiger partial charge in [-0.15, -0.1) is 0 Å². The van der Waals surface area contributed by atoms with Crippen LogP contribution in [0.2, 0.25) is 0 Å². The van der Waals surface area contributed by atoms with Crippen molar-refractivity contribution < 1.29 is 18.8 Å². The van der Waals surface area contributed by atoms with E-state index in [4.69, 9.17) is 20.5 Å². The lowest BCUT2D eigenvalue weighted by molar-refractivity contribution is 0.0693. The SMILES string of the molecule is CCN1CCN(c2ccc(NSc3cc(C)cc4c(N(C)C)cccc34)cc2)CC1.CN(C)c1cccc2c(S(=O)Cl)cccc12.COc1ccccc1C(=O)O. The summed E-state index contributed by atoms with van der Waals surface area (Å²) in [6, 6.07) is 38.1. The molecule has 0 saturated carbocycles. The summed E-state index contributed by atoms with van der Waals surface area (Å²) in [6.07, 6.45) is 0. The molecule has 1 unspecified atom stereocenters. The fraction of sp³-hybridized carbons (Fsp3) is 0.267. The number of carboxylic acids is 1. The molecule has 57 heavy (non-hydrogen) atoms. The number of hydrogen-bond donors (Lipinski definition) is 2. The molecular weight excluding hydrogens is 774 g/mol. The fourth-order valence-corrected chi connectivity index (χ4v) is 8.58. The second-order valence-corrected chi connectivity index (χ2v) is 16.5. The highest BCUT2D eigenvalue weighted by Crippen LogP contribution is 2.35. The molecule has 0 radical (unpaired) electrons. The molecule has 300 valence electrons. The first-order valence-electron chi connectivity index (χ1n) is 18.8. The molecule has 2 N–H and O–H groups in total. The molecule has 1 atom stereocenters. The number of aryl methyl sites for hydroxylation is 1. The van der Waals surface area contributed by atoms with Gasteiger partial charge in [0.2, 0.25) is 0 Å². The molecule has 6 aromatic carbocycles. The van der Waals surface area contributed by atoms with Gasteiger partial charge in [0, 0.05) is 98.2 Å². The molecule has 12 heteroatoms. The Morgan fingerprint density at radius 3 is 1.96 bits per heavy atom. The summed E-state index contributed by atoms with van der Waals surface area (Å²) in [7, 11) is 13.8. The van der Waals surface area contributed by atoms with E-state index in [0.29, 0.717) is 10.6 Å². The van der Waals surface area contributed by atoms with E-state index in [1.165, 1.54) is 45.8 Å². The number of fused-ring (bicyclic) bond motifs is 2. The first-order chi connectivity index (χ1) is 27.4. The molecule has 1 aliphatic heterocycles. The maximum atomic E-state index is 11.4. The van der Waals surface area contributed by atoms with Gasteiger partial charge < -0.3 is 34.2 Å². The highest BCUT2D eigenvalue weighted by Gasteiger charge is 2.16. The van der Waals surface area contributed by atoms with Crippen LogP contribution in [0.1, 0.15) is 22.8 Å². The topological polar surface area (TPSA) is 88.6 Å². The zero-order valence-electron chi connectivity index (χ0n) is 33.7. The Morgan fingerprint density at radius 2 is 1.39 bits per heavy atom. The molecule has 1 saturated heterocycles. The summed E-state index contributed by atoms with van der Waals surface area (Å²) < 4.78 is 19.8. The zero-order valence-corrected chi connectivity index (χ0v) is 36.0. The third-order valence-electron chi connectivity index (χ3n) is 9.74. The van der Waals surface area contributed by atoms with Gasteiger partial charge in [-0.05, 0) is 114 Å². The van der Waals surface area contributed by atoms with E-state index >= 15 is 0 Å². The minimum absolute atomic E-state index is 0.190. The molecule has 9 nitrogen and oxygen atoms in total. The molecule has 0 spiro atoms. The number of halogens is 1. The number of nitrogens with zero attached hydrogens (tertiary/aromatic N) is 4. The van der Waals surface area contributed by atoms with E-state index < -0.39 is 16.0 Å². The lowest BCUT2D eigenvalue weighted by Crippen LogP contribution is -2.46. The van der Waals surface area contributed by atoms with E-state index in [1.807, 2.05) is 49.3 Å². The summed E-state index contributed by atoms with van der Waals surface area (Å²) in [4.78, 5) is 21.6. The van der Waals surface area contributed by atoms with Crippen molar-refractivity contribution in [1.82, 2.24) is 4.90 Å². The number of anilines is 4. The average molecular weight is 827 g/mol. The van der Waals surface area contributed by atoms with Crippen LogP contribution in [0.5, 0.6) is 5.75 Å². The Hall–Kier alpha value is -4.94. The van der Waals surface area contributed by atoms with Crippen molar-refractivity contribution in [3.05, 3.63) is 126 Å². The minimum atomic E-state index is -1.47. The fourth-order valence-electron chi connectivity index (χ4n) is 6.74. The number of aromatic carboxylic acids is 1. The van der Waals surface area contributed by atoms with Crippen LogP contribution < -0.4 is 24.2 Å². The highest BCUT2D eigenvalue weighted by atomic mass is 35.7. The predicted molar refractivity (Wildman–Crippen MR) is 244 cm³/mol. The van der Waals surface area contributed by atoms with Crippen molar-refractivity contribution >= 4 is 82.9 Å². The van der Waals surface area contributed by atoms with Crippen molar-refractivity contribution in [2.75, 3.05) is 87.4 Å². The van der Waals surface area contributed by atoms with Gasteiger partial charge in [0.1, 0.15) is 21.3 Å². The Balaban J connectivity index is 0.000000191. The number of carboxylic acid groups (broad SMARTS) is 1. The molecule has 1 aliphatic rings. The summed E-state index contributed by atoms with van der Waals surface area (Å²) in [5.41, 5.74) is 6.28. The molecule has 0 aliphatic carbocycles. The van der Waals surface area contributed by atoms with Gasteiger partial charge in [0.15, 0.2) is 0 Å². The number of nitrogens with one attached hydrogen (secondary N) is 1. The van der Waals surface area contributed by atoms with Crippen LogP contribution in [0.25, 0.3) is 21.5 Å². The van der Waals surface area contributed by atoms with Gasteiger partial charge in [-0.3, -0.25) is 0 Å². The number of carbonyl (C=O) groups is 1. The lowest BCUT2D eigenvalue weighted by atomic mass is 10.1. The van der Waals surface area contributed by atoms with Crippen LogP contribution in [0.4, 0.5) is 22.7 Å². The normalized spacial score (nSPS) is 13.2. The van der Waals surface area contributed by atoms with Crippen LogP contribution >= 0.6 is 22.6 Å². The van der Waals surface area contributed by atoms with Crippen LogP contribution in [-0.2, 0) is 10.0 Å². The summed E-state index contributed by atoms with van der Waals surface area (Å²) in [6.45, 7) is 10.1. The Kier molecular flexibility index (Phi) is 15.5. The first-order valence-corrected chi connectivity index (χ1v) is 21.5. The van der Waals surface area contributed by atoms with Crippen molar-refractivity contribution in [2.45, 2.75) is 23.6 Å². The number of para-hydroxylation sites is 1. The number of benzene rings is 6. The third-order valence-corrected chi connectivity index (χ3v) is 11.8. The average Bonchev–Trinajstić information content (AvgIpc) is 3.22. The number of methoxy groups -OCH3 is 1. The maximum absolute atomic E-state index is 11.4. The standard InChI is InChI=1S/C25H32N4S.C12H12ClNOS.C8H8O3/c1-5-28-13-15-29(16-14-28)21-11-9-20(10-12-21)26-30-25-18-19(2)17-23-22(25)7-6-8-24(23)27(3)4;1-14(2)11-7-3-6-10-9(11)5-4-8-12(10)16(13)15;1-11-7-5-3-2-4-6(7)8(9)10/h6-12,17-18,26H,5,13-16H2,1-4H3;3-8H,1-2H3;2-5H,1H3,(H,9,10). The zero-order chi connectivity index (χ0) is 41.1. The van der Waals surface area contributed by atoms with E-state index in [1.54, 1.807) is 36.2 Å². The van der Waals surface area contributed by atoms with Gasteiger partial charge in [0.05, 0.1) is 12.0 Å². The molecular formula is C45H52ClN5O4S2. The summed E-state index contributed by atoms with van der Waals surface area (Å²) in [5, 5.41) is 13.2. The van der Waals surface area contributed by atoms with Crippen molar-refractivity contribution in [3.8, 4) is 5.75 Å². The number of piperazine rings is 1. The van der Waals surface area contributed by atoms with Gasteiger partial charge in [-0.25, -0.2) is 9.00 Å². The number of rotatable bonds is 10. The Bertz CT molecular complexity index is 2300. The smallest absolute Gasteiger partial charge is 0.339 e. The summed E-state index contributed by atoms with van der Waals surface area (Å²) in [5.74, 6) is -0.581. The number of ether oxygens (including phenoxy) is 1. The molecule has 0 aromatic heterocycles. The first kappa shape index (κ1) is 43.2. The summed E-state index contributed by atoms with van der Waals surface area (Å²) >= 11 is 1.69. The molecule has 0 amide bonds. The number of hydrogen-bond acceptors (Lipinski definition) is 9. The van der Waals surface area contributed by atoms with Crippen molar-refractivity contribution in [3.63, 3.8) is 0 Å². The second-order valence-electron chi connectivity index (χ2n) is 14.0. The molecule has 0 bridgehead atoms. The number of likely N-dealkylation sites (N-methyl/N-ethyl adjacent to an activating group) is 1. The molecule has 7 rings (SSSR count). The highest BCUT2D eigenvalue weighted by molar-refractivity contribution is 8.08. The largest absolute Gasteiger partial charge is 0.496 e. The van der Waals surface area contributed by atoms with E-state index in [9.17, 15) is 9.00 Å². The molecule has 1 fully saturated rings. The van der Waals surface area contributed by atoms with Crippen molar-refractivity contribution in [1.29, 1.82) is 0 Å². The molecule has 6 aromatic rings. The second kappa shape index (κ2) is 20.5. The lowest BCUT2D eigenvalue weighted by Gasteiger charge is -2.35.